The summed E-state index contributed by atoms with van der Waals surface area (Å²) in [6, 6.07) is 6.96. The zero-order chi connectivity index (χ0) is 11.9. The van der Waals surface area contributed by atoms with E-state index in [0.29, 0.717) is 5.41 Å². The predicted octanol–water partition coefficient (Wildman–Crippen LogP) is 3.55. The van der Waals surface area contributed by atoms with Crippen LogP contribution in [0.1, 0.15) is 48.3 Å². The maximum absolute atomic E-state index is 3.65. The van der Waals surface area contributed by atoms with Crippen molar-refractivity contribution in [3.05, 3.63) is 34.9 Å². The molecule has 92 valence electrons. The summed E-state index contributed by atoms with van der Waals surface area (Å²) in [5.41, 5.74) is 5.08. The minimum atomic E-state index is 0.582. The molecule has 0 amide bonds. The van der Waals surface area contributed by atoms with Gasteiger partial charge in [-0.1, -0.05) is 36.6 Å². The highest BCUT2D eigenvalue weighted by Gasteiger charge is 2.45. The molecular weight excluding hydrogens is 206 g/mol. The quantitative estimate of drug-likeness (QED) is 0.776. The van der Waals surface area contributed by atoms with Gasteiger partial charge < -0.3 is 5.32 Å². The van der Waals surface area contributed by atoms with Crippen molar-refractivity contribution in [2.75, 3.05) is 13.1 Å². The predicted molar refractivity (Wildman–Crippen MR) is 72.4 cm³/mol. The SMILES string of the molecule is Cc1ccc(C)c(C2CNCC23CCCC3)c1. The van der Waals surface area contributed by atoms with Crippen LogP contribution in [0.25, 0.3) is 0 Å². The molecule has 1 aliphatic carbocycles. The lowest BCUT2D eigenvalue weighted by Crippen LogP contribution is -2.25. The molecule has 1 heteroatoms. The van der Waals surface area contributed by atoms with Crippen LogP contribution in [0.3, 0.4) is 0 Å². The van der Waals surface area contributed by atoms with E-state index in [2.05, 4.69) is 37.4 Å². The van der Waals surface area contributed by atoms with Crippen molar-refractivity contribution >= 4 is 0 Å². The molecule has 1 aromatic rings. The third-order valence-electron chi connectivity index (χ3n) is 4.97. The number of benzene rings is 1. The number of hydrogen-bond donors (Lipinski definition) is 1. The molecule has 0 radical (unpaired) electrons. The lowest BCUT2D eigenvalue weighted by Gasteiger charge is -2.31. The highest BCUT2D eigenvalue weighted by atomic mass is 14.9. The molecule has 1 aliphatic heterocycles. The van der Waals surface area contributed by atoms with E-state index in [1.807, 2.05) is 0 Å². The van der Waals surface area contributed by atoms with Crippen molar-refractivity contribution in [3.63, 3.8) is 0 Å². The van der Waals surface area contributed by atoms with Crippen LogP contribution in [0, 0.1) is 19.3 Å². The molecule has 3 rings (SSSR count). The molecule has 1 nitrogen and oxygen atoms in total. The second-order valence-electron chi connectivity index (χ2n) is 6.11. The summed E-state index contributed by atoms with van der Waals surface area (Å²) in [5.74, 6) is 0.755. The molecule has 1 atom stereocenters. The summed E-state index contributed by atoms with van der Waals surface area (Å²) >= 11 is 0. The summed E-state index contributed by atoms with van der Waals surface area (Å²) in [7, 11) is 0. The molecule has 17 heavy (non-hydrogen) atoms. The average molecular weight is 229 g/mol. The van der Waals surface area contributed by atoms with Crippen molar-refractivity contribution in [2.45, 2.75) is 45.4 Å². The molecule has 1 saturated heterocycles. The minimum Gasteiger partial charge on any atom is -0.316 e. The van der Waals surface area contributed by atoms with Crippen LogP contribution in [0.4, 0.5) is 0 Å². The fraction of sp³-hybridized carbons (Fsp3) is 0.625. The number of nitrogens with one attached hydrogen (secondary N) is 1. The van der Waals surface area contributed by atoms with E-state index in [1.54, 1.807) is 5.56 Å². The third kappa shape index (κ3) is 1.81. The number of rotatable bonds is 1. The van der Waals surface area contributed by atoms with Crippen LogP contribution in [0.15, 0.2) is 18.2 Å². The molecule has 0 bridgehead atoms. The van der Waals surface area contributed by atoms with E-state index in [9.17, 15) is 0 Å². The van der Waals surface area contributed by atoms with E-state index < -0.39 is 0 Å². The van der Waals surface area contributed by atoms with Gasteiger partial charge in [0.05, 0.1) is 0 Å². The molecule has 1 spiro atoms. The molecule has 1 unspecified atom stereocenters. The van der Waals surface area contributed by atoms with Crippen molar-refractivity contribution < 1.29 is 0 Å². The highest BCUT2D eigenvalue weighted by Crippen LogP contribution is 2.51. The van der Waals surface area contributed by atoms with Gasteiger partial charge >= 0.3 is 0 Å². The zero-order valence-corrected chi connectivity index (χ0v) is 11.1. The van der Waals surface area contributed by atoms with Crippen molar-refractivity contribution in [1.82, 2.24) is 5.32 Å². The van der Waals surface area contributed by atoms with Gasteiger partial charge in [-0.2, -0.15) is 0 Å². The molecule has 1 N–H and O–H groups in total. The standard InChI is InChI=1S/C16H23N/c1-12-5-6-13(2)14(9-12)15-10-17-11-16(15)7-3-4-8-16/h5-6,9,15,17H,3-4,7-8,10-11H2,1-2H3. The summed E-state index contributed by atoms with van der Waals surface area (Å²) in [6.07, 6.45) is 5.72. The van der Waals surface area contributed by atoms with Crippen LogP contribution in [-0.2, 0) is 0 Å². The Hall–Kier alpha value is -0.820. The molecule has 1 heterocycles. The Morgan fingerprint density at radius 3 is 2.71 bits per heavy atom. The van der Waals surface area contributed by atoms with Gasteiger partial charge in [-0.05, 0) is 43.2 Å². The van der Waals surface area contributed by atoms with Gasteiger partial charge in [0.15, 0.2) is 0 Å². The first-order valence-corrected chi connectivity index (χ1v) is 6.99. The Bertz CT molecular complexity index is 410. The number of hydrogen-bond acceptors (Lipinski definition) is 1. The van der Waals surface area contributed by atoms with E-state index in [4.69, 9.17) is 0 Å². The maximum atomic E-state index is 3.65. The number of aryl methyl sites for hydroxylation is 2. The van der Waals surface area contributed by atoms with Gasteiger partial charge in [0, 0.05) is 19.0 Å². The molecule has 0 aromatic heterocycles. The van der Waals surface area contributed by atoms with E-state index >= 15 is 0 Å². The van der Waals surface area contributed by atoms with Crippen molar-refractivity contribution in [1.29, 1.82) is 0 Å². The molecule has 1 saturated carbocycles. The van der Waals surface area contributed by atoms with Crippen molar-refractivity contribution in [2.24, 2.45) is 5.41 Å². The average Bonchev–Trinajstić information content (AvgIpc) is 2.94. The van der Waals surface area contributed by atoms with Gasteiger partial charge in [-0.3, -0.25) is 0 Å². The summed E-state index contributed by atoms with van der Waals surface area (Å²) in [5, 5.41) is 3.65. The van der Waals surface area contributed by atoms with Crippen LogP contribution in [-0.4, -0.2) is 13.1 Å². The van der Waals surface area contributed by atoms with Gasteiger partial charge in [0.2, 0.25) is 0 Å². The minimum absolute atomic E-state index is 0.582. The van der Waals surface area contributed by atoms with Gasteiger partial charge in [-0.15, -0.1) is 0 Å². The Morgan fingerprint density at radius 2 is 1.94 bits per heavy atom. The Balaban J connectivity index is 2.00. The van der Waals surface area contributed by atoms with E-state index in [1.165, 1.54) is 49.9 Å². The van der Waals surface area contributed by atoms with E-state index in [-0.39, 0.29) is 0 Å². The molecule has 1 aromatic carbocycles. The van der Waals surface area contributed by atoms with Gasteiger partial charge in [0.1, 0.15) is 0 Å². The first-order valence-electron chi connectivity index (χ1n) is 6.99. The fourth-order valence-corrected chi connectivity index (χ4v) is 3.98. The normalized spacial score (nSPS) is 26.8. The monoisotopic (exact) mass is 229 g/mol. The Labute approximate surface area is 105 Å². The van der Waals surface area contributed by atoms with Gasteiger partial charge in [-0.25, -0.2) is 0 Å². The van der Waals surface area contributed by atoms with Crippen LogP contribution in [0.5, 0.6) is 0 Å². The maximum Gasteiger partial charge on any atom is 0.00348 e. The molecule has 2 aliphatic rings. The Kier molecular flexibility index (Phi) is 2.74. The Morgan fingerprint density at radius 1 is 1.18 bits per heavy atom. The summed E-state index contributed by atoms with van der Waals surface area (Å²) < 4.78 is 0. The van der Waals surface area contributed by atoms with E-state index in [0.717, 1.165) is 5.92 Å². The summed E-state index contributed by atoms with van der Waals surface area (Å²) in [4.78, 5) is 0. The summed E-state index contributed by atoms with van der Waals surface area (Å²) in [6.45, 7) is 6.91. The second kappa shape index (κ2) is 4.13. The zero-order valence-electron chi connectivity index (χ0n) is 11.1. The van der Waals surface area contributed by atoms with Crippen LogP contribution < -0.4 is 5.32 Å². The highest BCUT2D eigenvalue weighted by molar-refractivity contribution is 5.36. The molecular formula is C16H23N. The van der Waals surface area contributed by atoms with Crippen LogP contribution >= 0.6 is 0 Å². The topological polar surface area (TPSA) is 12.0 Å². The first kappa shape index (κ1) is 11.3. The van der Waals surface area contributed by atoms with Gasteiger partial charge in [0.25, 0.3) is 0 Å². The van der Waals surface area contributed by atoms with Crippen molar-refractivity contribution in [3.8, 4) is 0 Å². The fourth-order valence-electron chi connectivity index (χ4n) is 3.98. The first-order chi connectivity index (χ1) is 8.21. The largest absolute Gasteiger partial charge is 0.316 e. The molecule has 2 fully saturated rings. The second-order valence-corrected chi connectivity index (χ2v) is 6.11. The lowest BCUT2D eigenvalue weighted by atomic mass is 9.72. The van der Waals surface area contributed by atoms with Crippen LogP contribution in [0.2, 0.25) is 0 Å². The lowest BCUT2D eigenvalue weighted by molar-refractivity contribution is 0.294. The third-order valence-corrected chi connectivity index (χ3v) is 4.97. The smallest absolute Gasteiger partial charge is 0.00348 e.